The standard InChI is InChI=1S/C9H21N4/c10-13(8-4-5-9-13)11-12-6-2-1-3-7-12/h11H,1-10H2/q+1. The van der Waals surface area contributed by atoms with Gasteiger partial charge in [0.1, 0.15) is 13.1 Å². The van der Waals surface area contributed by atoms with Gasteiger partial charge in [-0.15, -0.1) is 0 Å². The second-order valence-electron chi connectivity index (χ2n) is 4.34. The first-order chi connectivity index (χ1) is 6.29. The van der Waals surface area contributed by atoms with Crippen LogP contribution in [0.1, 0.15) is 32.1 Å². The predicted octanol–water partition coefficient (Wildman–Crippen LogP) is 0.376. The van der Waals surface area contributed by atoms with Gasteiger partial charge in [0.25, 0.3) is 0 Å². The lowest BCUT2D eigenvalue weighted by atomic mass is 10.2. The van der Waals surface area contributed by atoms with E-state index >= 15 is 0 Å². The van der Waals surface area contributed by atoms with Crippen molar-refractivity contribution in [3.05, 3.63) is 0 Å². The van der Waals surface area contributed by atoms with Gasteiger partial charge in [0.05, 0.1) is 0 Å². The molecule has 0 bridgehead atoms. The largest absolute Gasteiger partial charge is 0.198 e. The molecule has 0 aromatic heterocycles. The molecule has 2 rings (SSSR count). The van der Waals surface area contributed by atoms with Crippen molar-refractivity contribution >= 4 is 0 Å². The Hall–Kier alpha value is -0.160. The summed E-state index contributed by atoms with van der Waals surface area (Å²) in [5, 5.41) is 2.30. The van der Waals surface area contributed by atoms with E-state index in [-0.39, 0.29) is 0 Å². The Labute approximate surface area is 80.2 Å². The summed E-state index contributed by atoms with van der Waals surface area (Å²) in [5.41, 5.74) is 3.44. The van der Waals surface area contributed by atoms with E-state index in [1.807, 2.05) is 0 Å². The number of hydrogen-bond acceptors (Lipinski definition) is 3. The third-order valence-corrected chi connectivity index (χ3v) is 3.06. The van der Waals surface area contributed by atoms with E-state index in [9.17, 15) is 0 Å². The third-order valence-electron chi connectivity index (χ3n) is 3.06. The number of piperidine rings is 1. The van der Waals surface area contributed by atoms with Crippen LogP contribution in [0.15, 0.2) is 0 Å². The number of nitrogens with two attached hydrogens (primary N) is 1. The molecular weight excluding hydrogens is 164 g/mol. The number of hydrazine groups is 1. The average molecular weight is 185 g/mol. The maximum absolute atomic E-state index is 6.17. The van der Waals surface area contributed by atoms with E-state index in [2.05, 4.69) is 10.5 Å². The van der Waals surface area contributed by atoms with Crippen LogP contribution < -0.4 is 11.4 Å². The van der Waals surface area contributed by atoms with Gasteiger partial charge in [-0.2, -0.15) is 15.6 Å². The number of hydrogen-bond donors (Lipinski definition) is 2. The topological polar surface area (TPSA) is 41.3 Å². The second kappa shape index (κ2) is 3.92. The van der Waals surface area contributed by atoms with Gasteiger partial charge < -0.3 is 0 Å². The number of quaternary nitrogens is 1. The molecule has 0 amide bonds. The van der Waals surface area contributed by atoms with Crippen LogP contribution in [0.5, 0.6) is 0 Å². The molecule has 0 spiro atoms. The van der Waals surface area contributed by atoms with Crippen LogP contribution in [0.3, 0.4) is 0 Å². The third kappa shape index (κ3) is 2.40. The molecule has 0 aromatic carbocycles. The Morgan fingerprint density at radius 1 is 0.923 bits per heavy atom. The summed E-state index contributed by atoms with van der Waals surface area (Å²) in [7, 11) is 0. The molecule has 4 heteroatoms. The predicted molar refractivity (Wildman–Crippen MR) is 52.0 cm³/mol. The Bertz CT molecular complexity index is 159. The molecule has 2 aliphatic rings. The van der Waals surface area contributed by atoms with E-state index in [1.54, 1.807) is 0 Å². The van der Waals surface area contributed by atoms with Crippen molar-refractivity contribution < 1.29 is 4.70 Å². The van der Waals surface area contributed by atoms with E-state index in [0.717, 1.165) is 26.2 Å². The first-order valence-corrected chi connectivity index (χ1v) is 5.47. The van der Waals surface area contributed by atoms with Gasteiger partial charge in [-0.1, -0.05) is 12.0 Å². The van der Waals surface area contributed by atoms with Crippen molar-refractivity contribution in [3.8, 4) is 0 Å². The van der Waals surface area contributed by atoms with Gasteiger partial charge in [-0.05, 0) is 12.8 Å². The zero-order valence-corrected chi connectivity index (χ0v) is 8.34. The highest BCUT2D eigenvalue weighted by Gasteiger charge is 2.31. The number of nitrogens with one attached hydrogen (secondary N) is 1. The van der Waals surface area contributed by atoms with Crippen LogP contribution in [-0.4, -0.2) is 35.9 Å². The van der Waals surface area contributed by atoms with E-state index < -0.39 is 0 Å². The highest BCUT2D eigenvalue weighted by atomic mass is 15.9. The molecule has 2 aliphatic heterocycles. The van der Waals surface area contributed by atoms with Gasteiger partial charge in [-0.25, -0.2) is 0 Å². The summed E-state index contributed by atoms with van der Waals surface area (Å²) in [4.78, 5) is 0. The molecular formula is C9H21N4+. The molecule has 3 N–H and O–H groups in total. The summed E-state index contributed by atoms with van der Waals surface area (Å²) in [6.07, 6.45) is 6.53. The van der Waals surface area contributed by atoms with Crippen molar-refractivity contribution in [1.82, 2.24) is 10.5 Å². The molecule has 0 aromatic rings. The van der Waals surface area contributed by atoms with Crippen molar-refractivity contribution in [2.45, 2.75) is 32.1 Å². The minimum atomic E-state index is 0.569. The average Bonchev–Trinajstić information content (AvgIpc) is 2.54. The highest BCUT2D eigenvalue weighted by Crippen LogP contribution is 2.13. The van der Waals surface area contributed by atoms with Gasteiger partial charge in [0, 0.05) is 25.9 Å². The van der Waals surface area contributed by atoms with Crippen molar-refractivity contribution in [2.75, 3.05) is 26.2 Å². The van der Waals surface area contributed by atoms with E-state index in [0.29, 0.717) is 4.70 Å². The maximum atomic E-state index is 6.17. The lowest BCUT2D eigenvalue weighted by Gasteiger charge is -2.35. The summed E-state index contributed by atoms with van der Waals surface area (Å²) >= 11 is 0. The molecule has 0 atom stereocenters. The van der Waals surface area contributed by atoms with Crippen LogP contribution in [-0.2, 0) is 0 Å². The Morgan fingerprint density at radius 3 is 2.15 bits per heavy atom. The van der Waals surface area contributed by atoms with Crippen LogP contribution in [0, 0.1) is 0 Å². The SMILES string of the molecule is N[N+]1(NN2CCCCC2)CCCC1. The maximum Gasteiger partial charge on any atom is 0.116 e. The lowest BCUT2D eigenvalue weighted by molar-refractivity contribution is -0.984. The Morgan fingerprint density at radius 2 is 1.54 bits per heavy atom. The Kier molecular flexibility index (Phi) is 2.83. The van der Waals surface area contributed by atoms with Gasteiger partial charge in [-0.3, -0.25) is 0 Å². The van der Waals surface area contributed by atoms with Crippen molar-refractivity contribution in [2.24, 2.45) is 5.84 Å². The number of rotatable bonds is 2. The van der Waals surface area contributed by atoms with Gasteiger partial charge in [0.15, 0.2) is 0 Å². The summed E-state index contributed by atoms with van der Waals surface area (Å²) in [6, 6.07) is 0. The van der Waals surface area contributed by atoms with Crippen LogP contribution in [0.2, 0.25) is 0 Å². The Balaban J connectivity index is 1.81. The fourth-order valence-corrected chi connectivity index (χ4v) is 2.28. The molecule has 0 saturated carbocycles. The summed E-state index contributed by atoms with van der Waals surface area (Å²) < 4.78 is 0.569. The molecule has 0 radical (unpaired) electrons. The molecule has 76 valence electrons. The minimum absolute atomic E-state index is 0.569. The highest BCUT2D eigenvalue weighted by molar-refractivity contribution is 4.58. The molecule has 0 unspecified atom stereocenters. The van der Waals surface area contributed by atoms with Crippen LogP contribution >= 0.6 is 0 Å². The van der Waals surface area contributed by atoms with E-state index in [1.165, 1.54) is 32.1 Å². The molecule has 4 nitrogen and oxygen atoms in total. The number of nitrogens with zero attached hydrogens (tertiary/aromatic N) is 2. The zero-order valence-electron chi connectivity index (χ0n) is 8.34. The smallest absolute Gasteiger partial charge is 0.116 e. The normalized spacial score (nSPS) is 29.3. The second-order valence-corrected chi connectivity index (χ2v) is 4.34. The fourth-order valence-electron chi connectivity index (χ4n) is 2.28. The van der Waals surface area contributed by atoms with Gasteiger partial charge >= 0.3 is 0 Å². The van der Waals surface area contributed by atoms with Crippen molar-refractivity contribution in [3.63, 3.8) is 0 Å². The molecule has 0 aliphatic carbocycles. The summed E-state index contributed by atoms with van der Waals surface area (Å²) in [6.45, 7) is 4.49. The molecule has 2 heterocycles. The fraction of sp³-hybridized carbons (Fsp3) is 1.00. The first kappa shape index (κ1) is 9.40. The minimum Gasteiger partial charge on any atom is -0.198 e. The lowest BCUT2D eigenvalue weighted by Crippen LogP contribution is -2.67. The molecule has 2 fully saturated rings. The summed E-state index contributed by atoms with van der Waals surface area (Å²) in [5.74, 6) is 6.17. The monoisotopic (exact) mass is 185 g/mol. The first-order valence-electron chi connectivity index (χ1n) is 5.47. The molecule has 13 heavy (non-hydrogen) atoms. The zero-order chi connectivity index (χ0) is 9.15. The van der Waals surface area contributed by atoms with Crippen LogP contribution in [0.4, 0.5) is 0 Å². The van der Waals surface area contributed by atoms with E-state index in [4.69, 9.17) is 5.84 Å². The van der Waals surface area contributed by atoms with Gasteiger partial charge in [0.2, 0.25) is 0 Å². The quantitative estimate of drug-likeness (QED) is 0.482. The van der Waals surface area contributed by atoms with Crippen LogP contribution in [0.25, 0.3) is 0 Å². The molecule has 2 saturated heterocycles. The van der Waals surface area contributed by atoms with Crippen molar-refractivity contribution in [1.29, 1.82) is 0 Å².